The van der Waals surface area contributed by atoms with E-state index >= 15 is 0 Å². The Balaban J connectivity index is 2.23. The monoisotopic (exact) mass is 329 g/mol. The first-order valence-corrected chi connectivity index (χ1v) is 8.00. The molecule has 2 rings (SSSR count). The molecule has 1 aromatic heterocycles. The molecule has 0 saturated carbocycles. The fourth-order valence-corrected chi connectivity index (χ4v) is 2.55. The minimum Gasteiger partial charge on any atom is -0.508 e. The number of benzene rings is 1. The van der Waals surface area contributed by atoms with Gasteiger partial charge >= 0.3 is 0 Å². The summed E-state index contributed by atoms with van der Waals surface area (Å²) < 4.78 is 1.36. The summed E-state index contributed by atoms with van der Waals surface area (Å²) in [5.41, 5.74) is 1.63. The molecule has 0 aliphatic carbocycles. The third-order valence-electron chi connectivity index (χ3n) is 3.76. The number of nitrogens with one attached hydrogen (secondary N) is 2. The highest BCUT2D eigenvalue weighted by Gasteiger charge is 2.19. The van der Waals surface area contributed by atoms with Gasteiger partial charge in [-0.3, -0.25) is 9.59 Å². The lowest BCUT2D eigenvalue weighted by Gasteiger charge is -2.19. The average molecular weight is 329 g/mol. The molecule has 0 bridgehead atoms. The van der Waals surface area contributed by atoms with Gasteiger partial charge in [-0.15, -0.1) is 0 Å². The maximum absolute atomic E-state index is 12.6. The number of para-hydroxylation sites is 2. The largest absolute Gasteiger partial charge is 0.508 e. The van der Waals surface area contributed by atoms with Crippen LogP contribution in [0.4, 0.5) is 11.4 Å². The zero-order valence-electron chi connectivity index (χ0n) is 14.2. The number of hydrogen-bond donors (Lipinski definition) is 3. The molecule has 1 heterocycles. The molecular weight excluding hydrogens is 306 g/mol. The number of amides is 1. The number of nitrogens with zero attached hydrogens (tertiary/aromatic N) is 1. The van der Waals surface area contributed by atoms with E-state index in [9.17, 15) is 14.7 Å². The normalized spacial score (nSPS) is 11.8. The quantitative estimate of drug-likeness (QED) is 0.761. The lowest BCUT2D eigenvalue weighted by atomic mass is 10.2. The number of aromatic nitrogens is 1. The van der Waals surface area contributed by atoms with Crippen molar-refractivity contribution in [2.45, 2.75) is 33.2 Å². The van der Waals surface area contributed by atoms with Gasteiger partial charge in [0.2, 0.25) is 5.91 Å². The van der Waals surface area contributed by atoms with E-state index in [4.69, 9.17) is 0 Å². The van der Waals surface area contributed by atoms with Gasteiger partial charge in [-0.05, 0) is 38.5 Å². The Morgan fingerprint density at radius 1 is 1.25 bits per heavy atom. The highest BCUT2D eigenvalue weighted by Crippen LogP contribution is 2.22. The minimum absolute atomic E-state index is 0.101. The van der Waals surface area contributed by atoms with Gasteiger partial charge in [-0.2, -0.15) is 0 Å². The van der Waals surface area contributed by atoms with E-state index in [1.54, 1.807) is 13.8 Å². The predicted molar refractivity (Wildman–Crippen MR) is 95.7 cm³/mol. The zero-order chi connectivity index (χ0) is 17.7. The van der Waals surface area contributed by atoms with Crippen LogP contribution in [0.25, 0.3) is 0 Å². The first-order chi connectivity index (χ1) is 11.4. The molecular formula is C18H23N3O3. The second-order valence-corrected chi connectivity index (χ2v) is 5.70. The summed E-state index contributed by atoms with van der Waals surface area (Å²) >= 11 is 0. The summed E-state index contributed by atoms with van der Waals surface area (Å²) in [7, 11) is 0. The number of rotatable bonds is 6. The molecule has 128 valence electrons. The number of hydrogen-bond acceptors (Lipinski definition) is 4. The SMILES string of the molecule is CCCNc1ccccc1NC(=O)[C@H](C)n1c(C)cc(O)cc1=O. The van der Waals surface area contributed by atoms with Crippen LogP contribution in [0.2, 0.25) is 0 Å². The molecule has 0 unspecified atom stereocenters. The minimum atomic E-state index is -0.697. The van der Waals surface area contributed by atoms with E-state index in [2.05, 4.69) is 17.6 Å². The summed E-state index contributed by atoms with van der Waals surface area (Å²) in [5, 5.41) is 15.6. The fraction of sp³-hybridized carbons (Fsp3) is 0.333. The van der Waals surface area contributed by atoms with E-state index in [-0.39, 0.29) is 11.7 Å². The standard InChI is InChI=1S/C18H23N3O3/c1-4-9-19-15-7-5-6-8-16(15)20-18(24)13(3)21-12(2)10-14(22)11-17(21)23/h5-8,10-11,13,19,22H,4,9H2,1-3H3,(H,20,24)/t13-/m0/s1. The summed E-state index contributed by atoms with van der Waals surface area (Å²) in [6.07, 6.45) is 0.973. The van der Waals surface area contributed by atoms with E-state index in [0.29, 0.717) is 11.4 Å². The van der Waals surface area contributed by atoms with E-state index in [1.165, 1.54) is 10.6 Å². The second kappa shape index (κ2) is 7.68. The molecule has 0 aliphatic heterocycles. The number of carbonyl (C=O) groups excluding carboxylic acids is 1. The first kappa shape index (κ1) is 17.6. The van der Waals surface area contributed by atoms with Crippen LogP contribution in [-0.4, -0.2) is 22.1 Å². The van der Waals surface area contributed by atoms with Crippen LogP contribution >= 0.6 is 0 Å². The molecule has 6 nitrogen and oxygen atoms in total. The van der Waals surface area contributed by atoms with Gasteiger partial charge in [0.25, 0.3) is 5.56 Å². The lowest BCUT2D eigenvalue weighted by molar-refractivity contribution is -0.118. The Bertz CT molecular complexity index is 783. The van der Waals surface area contributed by atoms with Gasteiger partial charge in [0, 0.05) is 18.3 Å². The summed E-state index contributed by atoms with van der Waals surface area (Å²) in [6, 6.07) is 9.32. The Morgan fingerprint density at radius 3 is 2.54 bits per heavy atom. The number of aryl methyl sites for hydroxylation is 1. The molecule has 24 heavy (non-hydrogen) atoms. The molecule has 6 heteroatoms. The lowest BCUT2D eigenvalue weighted by Crippen LogP contribution is -2.32. The van der Waals surface area contributed by atoms with Crippen LogP contribution in [-0.2, 0) is 4.79 Å². The highest BCUT2D eigenvalue weighted by atomic mass is 16.3. The van der Waals surface area contributed by atoms with Gasteiger partial charge < -0.3 is 20.3 Å². The highest BCUT2D eigenvalue weighted by molar-refractivity contribution is 5.96. The van der Waals surface area contributed by atoms with Crippen molar-refractivity contribution in [1.82, 2.24) is 4.57 Å². The molecule has 0 fully saturated rings. The Hall–Kier alpha value is -2.76. The third kappa shape index (κ3) is 3.95. The summed E-state index contributed by atoms with van der Waals surface area (Å²) in [5.74, 6) is -0.396. The second-order valence-electron chi connectivity index (χ2n) is 5.70. The van der Waals surface area contributed by atoms with Crippen LogP contribution in [0.5, 0.6) is 5.75 Å². The number of pyridine rings is 1. The van der Waals surface area contributed by atoms with E-state index in [1.807, 2.05) is 24.3 Å². The zero-order valence-corrected chi connectivity index (χ0v) is 14.2. The van der Waals surface area contributed by atoms with Crippen LogP contribution in [0.3, 0.4) is 0 Å². The maximum atomic E-state index is 12.6. The van der Waals surface area contributed by atoms with Crippen molar-refractivity contribution in [2.24, 2.45) is 0 Å². The van der Waals surface area contributed by atoms with Gasteiger partial charge in [0.05, 0.1) is 11.4 Å². The molecule has 0 aliphatic rings. The Kier molecular flexibility index (Phi) is 5.63. The van der Waals surface area contributed by atoms with Crippen molar-refractivity contribution in [3.05, 3.63) is 52.4 Å². The van der Waals surface area contributed by atoms with Crippen molar-refractivity contribution in [1.29, 1.82) is 0 Å². The molecule has 1 aromatic carbocycles. The number of carbonyl (C=O) groups is 1. The Morgan fingerprint density at radius 2 is 1.92 bits per heavy atom. The van der Waals surface area contributed by atoms with Gasteiger partial charge in [0.1, 0.15) is 11.8 Å². The van der Waals surface area contributed by atoms with Crippen molar-refractivity contribution in [3.63, 3.8) is 0 Å². The summed E-state index contributed by atoms with van der Waals surface area (Å²) in [6.45, 7) is 6.21. The smallest absolute Gasteiger partial charge is 0.255 e. The number of aromatic hydroxyl groups is 1. The van der Waals surface area contributed by atoms with Crippen LogP contribution in [0, 0.1) is 6.92 Å². The fourth-order valence-electron chi connectivity index (χ4n) is 2.55. The molecule has 1 atom stereocenters. The van der Waals surface area contributed by atoms with Crippen LogP contribution in [0.1, 0.15) is 32.0 Å². The van der Waals surface area contributed by atoms with Crippen LogP contribution < -0.4 is 16.2 Å². The molecule has 3 N–H and O–H groups in total. The molecule has 0 radical (unpaired) electrons. The molecule has 0 saturated heterocycles. The van der Waals surface area contributed by atoms with Gasteiger partial charge in [0.15, 0.2) is 0 Å². The predicted octanol–water partition coefficient (Wildman–Crippen LogP) is 2.88. The van der Waals surface area contributed by atoms with E-state index in [0.717, 1.165) is 24.7 Å². The molecule has 1 amide bonds. The van der Waals surface area contributed by atoms with Gasteiger partial charge in [-0.25, -0.2) is 0 Å². The Labute approximate surface area is 141 Å². The molecule has 0 spiro atoms. The van der Waals surface area contributed by atoms with Crippen LogP contribution in [0.15, 0.2) is 41.2 Å². The summed E-state index contributed by atoms with van der Waals surface area (Å²) in [4.78, 5) is 24.6. The van der Waals surface area contributed by atoms with Crippen molar-refractivity contribution >= 4 is 17.3 Å². The van der Waals surface area contributed by atoms with Gasteiger partial charge in [-0.1, -0.05) is 19.1 Å². The average Bonchev–Trinajstić information content (AvgIpc) is 2.53. The van der Waals surface area contributed by atoms with Crippen molar-refractivity contribution < 1.29 is 9.90 Å². The number of anilines is 2. The topological polar surface area (TPSA) is 83.4 Å². The van der Waals surface area contributed by atoms with Crippen molar-refractivity contribution in [2.75, 3.05) is 17.2 Å². The van der Waals surface area contributed by atoms with E-state index < -0.39 is 11.6 Å². The maximum Gasteiger partial charge on any atom is 0.255 e. The van der Waals surface area contributed by atoms with Crippen molar-refractivity contribution in [3.8, 4) is 5.75 Å². The molecule has 2 aromatic rings. The third-order valence-corrected chi connectivity index (χ3v) is 3.76. The first-order valence-electron chi connectivity index (χ1n) is 8.00.